The molecule has 0 radical (unpaired) electrons. The fourth-order valence-electron chi connectivity index (χ4n) is 1.52. The van der Waals surface area contributed by atoms with Gasteiger partial charge >= 0.3 is 12.0 Å². The number of aliphatic carboxylic acids is 1. The van der Waals surface area contributed by atoms with Gasteiger partial charge in [0.25, 0.3) is 0 Å². The van der Waals surface area contributed by atoms with Crippen LogP contribution in [-0.4, -0.2) is 40.1 Å². The van der Waals surface area contributed by atoms with Crippen molar-refractivity contribution in [3.05, 3.63) is 17.8 Å². The summed E-state index contributed by atoms with van der Waals surface area (Å²) in [5.41, 5.74) is 0. The molecule has 0 aliphatic heterocycles. The van der Waals surface area contributed by atoms with E-state index < -0.39 is 24.1 Å². The first-order chi connectivity index (χ1) is 9.43. The third-order valence-corrected chi connectivity index (χ3v) is 3.22. The van der Waals surface area contributed by atoms with E-state index >= 15 is 0 Å². The maximum Gasteiger partial charge on any atom is 0.326 e. The molecule has 7 nitrogen and oxygen atoms in total. The second-order valence-corrected chi connectivity index (χ2v) is 5.31. The highest BCUT2D eigenvalue weighted by Gasteiger charge is 2.21. The van der Waals surface area contributed by atoms with Crippen LogP contribution in [0.25, 0.3) is 0 Å². The molecule has 0 aliphatic rings. The fraction of sp³-hybridized carbons (Fsp3) is 0.583. The Hall–Kier alpha value is -1.70. The van der Waals surface area contributed by atoms with Crippen LogP contribution in [0.2, 0.25) is 0 Å². The maximum absolute atomic E-state index is 11.7. The molecule has 1 heterocycles. The van der Waals surface area contributed by atoms with Gasteiger partial charge in [0.2, 0.25) is 5.89 Å². The van der Waals surface area contributed by atoms with Gasteiger partial charge in [-0.3, -0.25) is 0 Å². The van der Waals surface area contributed by atoms with Gasteiger partial charge in [0, 0.05) is 0 Å². The first kappa shape index (κ1) is 16.4. The summed E-state index contributed by atoms with van der Waals surface area (Å²) >= 11 is 1.53. The van der Waals surface area contributed by atoms with Gasteiger partial charge < -0.3 is 20.2 Å². The molecule has 0 saturated heterocycles. The molecule has 3 N–H and O–H groups in total. The van der Waals surface area contributed by atoms with Crippen LogP contribution < -0.4 is 10.6 Å². The highest BCUT2D eigenvalue weighted by Crippen LogP contribution is 2.11. The molecule has 0 fully saturated rings. The minimum atomic E-state index is -1.05. The van der Waals surface area contributed by atoms with E-state index in [9.17, 15) is 9.59 Å². The van der Waals surface area contributed by atoms with Gasteiger partial charge in [0.1, 0.15) is 17.8 Å². The van der Waals surface area contributed by atoms with Gasteiger partial charge in [-0.1, -0.05) is 0 Å². The third-order valence-electron chi connectivity index (χ3n) is 2.57. The number of nitrogens with zero attached hydrogens (tertiary/aromatic N) is 1. The molecule has 0 bridgehead atoms. The number of carbonyl (C=O) groups is 2. The van der Waals surface area contributed by atoms with Crippen LogP contribution in [0.15, 0.2) is 10.6 Å². The summed E-state index contributed by atoms with van der Waals surface area (Å²) in [5.74, 6) is 0.644. The lowest BCUT2D eigenvalue weighted by atomic mass is 10.2. The number of oxazole rings is 1. The second kappa shape index (κ2) is 7.78. The monoisotopic (exact) mass is 301 g/mol. The number of aromatic nitrogens is 1. The number of carboxylic acids is 1. The predicted molar refractivity (Wildman–Crippen MR) is 75.7 cm³/mol. The van der Waals surface area contributed by atoms with E-state index in [1.807, 2.05) is 6.26 Å². The zero-order valence-electron chi connectivity index (χ0n) is 11.7. The molecule has 0 aliphatic carbocycles. The average Bonchev–Trinajstić information content (AvgIpc) is 2.80. The van der Waals surface area contributed by atoms with Crippen LogP contribution in [0.5, 0.6) is 0 Å². The Morgan fingerprint density at radius 1 is 1.50 bits per heavy atom. The largest absolute Gasteiger partial charge is 0.480 e. The lowest BCUT2D eigenvalue weighted by molar-refractivity contribution is -0.139. The Morgan fingerprint density at radius 3 is 2.70 bits per heavy atom. The summed E-state index contributed by atoms with van der Waals surface area (Å²) < 4.78 is 5.29. The second-order valence-electron chi connectivity index (χ2n) is 4.32. The van der Waals surface area contributed by atoms with Gasteiger partial charge in [-0.2, -0.15) is 11.8 Å². The molecule has 20 heavy (non-hydrogen) atoms. The van der Waals surface area contributed by atoms with Gasteiger partial charge in [-0.25, -0.2) is 14.6 Å². The van der Waals surface area contributed by atoms with Crippen molar-refractivity contribution in [2.24, 2.45) is 0 Å². The SMILES string of the molecule is CSCCC(NC(=O)NC(C)c1ncc(C)o1)C(=O)O. The molecular weight excluding hydrogens is 282 g/mol. The molecule has 2 unspecified atom stereocenters. The van der Waals surface area contributed by atoms with E-state index in [0.29, 0.717) is 23.8 Å². The highest BCUT2D eigenvalue weighted by molar-refractivity contribution is 7.98. The van der Waals surface area contributed by atoms with Gasteiger partial charge in [-0.05, 0) is 32.3 Å². The summed E-state index contributed by atoms with van der Waals surface area (Å²) in [6.07, 6.45) is 3.81. The van der Waals surface area contributed by atoms with E-state index in [4.69, 9.17) is 9.52 Å². The summed E-state index contributed by atoms with van der Waals surface area (Å²) in [6.45, 7) is 3.47. The molecule has 0 spiro atoms. The van der Waals surface area contributed by atoms with Crippen molar-refractivity contribution in [1.82, 2.24) is 15.6 Å². The highest BCUT2D eigenvalue weighted by atomic mass is 32.2. The lowest BCUT2D eigenvalue weighted by Crippen LogP contribution is -2.46. The van der Waals surface area contributed by atoms with Crippen LogP contribution in [0.1, 0.15) is 31.0 Å². The quantitative estimate of drug-likeness (QED) is 0.706. The van der Waals surface area contributed by atoms with E-state index in [1.165, 1.54) is 11.8 Å². The van der Waals surface area contributed by atoms with E-state index in [1.54, 1.807) is 20.0 Å². The molecule has 0 saturated carbocycles. The van der Waals surface area contributed by atoms with Crippen LogP contribution >= 0.6 is 11.8 Å². The van der Waals surface area contributed by atoms with Crippen LogP contribution in [0.4, 0.5) is 4.79 Å². The van der Waals surface area contributed by atoms with Crippen LogP contribution in [0.3, 0.4) is 0 Å². The van der Waals surface area contributed by atoms with E-state index in [0.717, 1.165) is 0 Å². The molecular formula is C12H19N3O4S. The number of rotatable bonds is 7. The first-order valence-electron chi connectivity index (χ1n) is 6.15. The predicted octanol–water partition coefficient (Wildman–Crippen LogP) is 1.55. The number of nitrogens with one attached hydrogen (secondary N) is 2. The van der Waals surface area contributed by atoms with Crippen LogP contribution in [-0.2, 0) is 4.79 Å². The summed E-state index contributed by atoms with van der Waals surface area (Å²) in [6, 6.07) is -1.89. The van der Waals surface area contributed by atoms with Crippen LogP contribution in [0, 0.1) is 6.92 Å². The molecule has 1 aromatic heterocycles. The minimum Gasteiger partial charge on any atom is -0.480 e. The summed E-state index contributed by atoms with van der Waals surface area (Å²) in [4.78, 5) is 26.8. The average molecular weight is 301 g/mol. The first-order valence-corrected chi connectivity index (χ1v) is 7.54. The van der Waals surface area contributed by atoms with E-state index in [-0.39, 0.29) is 0 Å². The Kier molecular flexibility index (Phi) is 6.37. The summed E-state index contributed by atoms with van der Waals surface area (Å²) in [7, 11) is 0. The smallest absolute Gasteiger partial charge is 0.326 e. The topological polar surface area (TPSA) is 104 Å². The molecule has 1 aromatic rings. The summed E-state index contributed by atoms with van der Waals surface area (Å²) in [5, 5.41) is 14.0. The molecule has 2 atom stereocenters. The third kappa shape index (κ3) is 5.12. The van der Waals surface area contributed by atoms with Crippen molar-refractivity contribution in [3.8, 4) is 0 Å². The Morgan fingerprint density at radius 2 is 2.20 bits per heavy atom. The number of carbonyl (C=O) groups excluding carboxylic acids is 1. The number of hydrogen-bond acceptors (Lipinski definition) is 5. The van der Waals surface area contributed by atoms with Gasteiger partial charge in [0.05, 0.1) is 6.20 Å². The van der Waals surface area contributed by atoms with Gasteiger partial charge in [-0.15, -0.1) is 0 Å². The number of amides is 2. The maximum atomic E-state index is 11.7. The Balaban J connectivity index is 2.50. The molecule has 8 heteroatoms. The van der Waals surface area contributed by atoms with Crippen molar-refractivity contribution < 1.29 is 19.1 Å². The standard InChI is InChI=1S/C12H19N3O4S/c1-7-6-13-10(19-7)8(2)14-12(18)15-9(11(16)17)4-5-20-3/h6,8-9H,4-5H2,1-3H3,(H,16,17)(H2,14,15,18). The lowest BCUT2D eigenvalue weighted by Gasteiger charge is -2.16. The number of thioether (sulfide) groups is 1. The van der Waals surface area contributed by atoms with Crippen molar-refractivity contribution in [2.75, 3.05) is 12.0 Å². The zero-order chi connectivity index (χ0) is 15.1. The molecule has 0 aromatic carbocycles. The molecule has 1 rings (SSSR count). The van der Waals surface area contributed by atoms with Crippen molar-refractivity contribution in [3.63, 3.8) is 0 Å². The van der Waals surface area contributed by atoms with Gasteiger partial charge in [0.15, 0.2) is 0 Å². The number of urea groups is 1. The van der Waals surface area contributed by atoms with E-state index in [2.05, 4.69) is 15.6 Å². The van der Waals surface area contributed by atoms with Crippen molar-refractivity contribution in [1.29, 1.82) is 0 Å². The normalized spacial score (nSPS) is 13.6. The Labute approximate surface area is 121 Å². The van der Waals surface area contributed by atoms with Crippen molar-refractivity contribution >= 4 is 23.8 Å². The number of hydrogen-bond donors (Lipinski definition) is 3. The zero-order valence-corrected chi connectivity index (χ0v) is 12.5. The minimum absolute atomic E-state index is 0.371. The fourth-order valence-corrected chi connectivity index (χ4v) is 2.00. The molecule has 112 valence electrons. The number of carboxylic acid groups (broad SMARTS) is 1. The number of aryl methyl sites for hydroxylation is 1. The molecule has 2 amide bonds. The Bertz CT molecular complexity index is 463. The van der Waals surface area contributed by atoms with Crippen molar-refractivity contribution in [2.45, 2.75) is 32.4 Å².